The van der Waals surface area contributed by atoms with Crippen molar-refractivity contribution >= 4 is 17.2 Å². The van der Waals surface area contributed by atoms with E-state index in [-0.39, 0.29) is 5.91 Å². The highest BCUT2D eigenvalue weighted by Gasteiger charge is 2.27. The van der Waals surface area contributed by atoms with Gasteiger partial charge in [0.05, 0.1) is 28.8 Å². The minimum atomic E-state index is 0.105. The van der Waals surface area contributed by atoms with Crippen molar-refractivity contribution in [3.05, 3.63) is 64.0 Å². The van der Waals surface area contributed by atoms with E-state index in [1.54, 1.807) is 5.51 Å². The third-order valence-electron chi connectivity index (χ3n) is 5.21. The molecule has 6 heteroatoms. The van der Waals surface area contributed by atoms with Gasteiger partial charge in [0.15, 0.2) is 0 Å². The average molecular weight is 379 g/mol. The van der Waals surface area contributed by atoms with Crippen LogP contribution in [0.3, 0.4) is 0 Å². The monoisotopic (exact) mass is 378 g/mol. The molecule has 1 amide bonds. The molecule has 3 heterocycles. The van der Waals surface area contributed by atoms with Gasteiger partial charge in [0, 0.05) is 30.8 Å². The van der Waals surface area contributed by atoms with Gasteiger partial charge < -0.3 is 4.90 Å². The predicted octanol–water partition coefficient (Wildman–Crippen LogP) is 4.24. The van der Waals surface area contributed by atoms with Gasteiger partial charge in [0.25, 0.3) is 5.91 Å². The Morgan fingerprint density at radius 1 is 1.15 bits per heavy atom. The number of carbonyl (C=O) groups excluding carboxylic acids is 1. The number of hydrogen-bond acceptors (Lipinski definition) is 5. The van der Waals surface area contributed by atoms with Crippen molar-refractivity contribution in [1.29, 1.82) is 0 Å². The lowest BCUT2D eigenvalue weighted by atomic mass is 9.93. The SMILES string of the molecule is Cc1ccccc1-c1cncc(C2CCN(C(=O)c3scnc3C)CC2)n1. The van der Waals surface area contributed by atoms with E-state index in [9.17, 15) is 4.79 Å². The molecular formula is C21H22N4OS. The molecule has 4 rings (SSSR count). The summed E-state index contributed by atoms with van der Waals surface area (Å²) in [4.78, 5) is 28.9. The summed E-state index contributed by atoms with van der Waals surface area (Å²) in [5.41, 5.74) is 6.83. The van der Waals surface area contributed by atoms with Crippen LogP contribution < -0.4 is 0 Å². The zero-order valence-corrected chi connectivity index (χ0v) is 16.4. The normalized spacial score (nSPS) is 15.1. The highest BCUT2D eigenvalue weighted by atomic mass is 32.1. The molecule has 1 aromatic carbocycles. The molecule has 1 aliphatic heterocycles. The summed E-state index contributed by atoms with van der Waals surface area (Å²) < 4.78 is 0. The number of aryl methyl sites for hydroxylation is 2. The first kappa shape index (κ1) is 17.8. The highest BCUT2D eigenvalue weighted by molar-refractivity contribution is 7.11. The first-order chi connectivity index (χ1) is 13.1. The Hall–Kier alpha value is -2.60. The zero-order chi connectivity index (χ0) is 18.8. The molecule has 0 unspecified atom stereocenters. The molecule has 0 spiro atoms. The fraction of sp³-hybridized carbons (Fsp3) is 0.333. The molecule has 138 valence electrons. The van der Waals surface area contributed by atoms with Gasteiger partial charge in [-0.2, -0.15) is 0 Å². The van der Waals surface area contributed by atoms with Gasteiger partial charge in [-0.05, 0) is 32.3 Å². The van der Waals surface area contributed by atoms with Crippen LogP contribution in [-0.2, 0) is 0 Å². The molecular weight excluding hydrogens is 356 g/mol. The van der Waals surface area contributed by atoms with Crippen molar-refractivity contribution < 1.29 is 4.79 Å². The van der Waals surface area contributed by atoms with Crippen LogP contribution in [-0.4, -0.2) is 38.8 Å². The quantitative estimate of drug-likeness (QED) is 0.684. The number of thiazole rings is 1. The summed E-state index contributed by atoms with van der Waals surface area (Å²) in [5, 5.41) is 0. The number of hydrogen-bond donors (Lipinski definition) is 0. The Labute approximate surface area is 163 Å². The Kier molecular flexibility index (Phi) is 4.99. The smallest absolute Gasteiger partial charge is 0.265 e. The molecule has 0 bridgehead atoms. The molecule has 0 saturated carbocycles. The van der Waals surface area contributed by atoms with E-state index in [0.29, 0.717) is 5.92 Å². The number of piperidine rings is 1. The first-order valence-electron chi connectivity index (χ1n) is 9.21. The Morgan fingerprint density at radius 2 is 1.93 bits per heavy atom. The second-order valence-electron chi connectivity index (χ2n) is 6.98. The van der Waals surface area contributed by atoms with Gasteiger partial charge in [-0.1, -0.05) is 24.3 Å². The second kappa shape index (κ2) is 7.56. The molecule has 5 nitrogen and oxygen atoms in total. The second-order valence-corrected chi connectivity index (χ2v) is 7.83. The topological polar surface area (TPSA) is 59.0 Å². The van der Waals surface area contributed by atoms with Crippen LogP contribution in [0.25, 0.3) is 11.3 Å². The third kappa shape index (κ3) is 3.62. The number of benzene rings is 1. The van der Waals surface area contributed by atoms with E-state index in [0.717, 1.165) is 53.5 Å². The third-order valence-corrected chi connectivity index (χ3v) is 6.13. The van der Waals surface area contributed by atoms with Crippen molar-refractivity contribution in [2.45, 2.75) is 32.6 Å². The molecule has 1 saturated heterocycles. The van der Waals surface area contributed by atoms with E-state index >= 15 is 0 Å². The van der Waals surface area contributed by atoms with Gasteiger partial charge in [0.1, 0.15) is 4.88 Å². The van der Waals surface area contributed by atoms with Gasteiger partial charge >= 0.3 is 0 Å². The number of carbonyl (C=O) groups is 1. The molecule has 2 aromatic heterocycles. The van der Waals surface area contributed by atoms with Gasteiger partial charge in [-0.15, -0.1) is 11.3 Å². The number of amides is 1. The van der Waals surface area contributed by atoms with Crippen LogP contribution in [0.5, 0.6) is 0 Å². The Bertz CT molecular complexity index is 960. The molecule has 27 heavy (non-hydrogen) atoms. The Balaban J connectivity index is 1.47. The largest absolute Gasteiger partial charge is 0.338 e. The van der Waals surface area contributed by atoms with Crippen LogP contribution in [0.1, 0.15) is 45.4 Å². The minimum absolute atomic E-state index is 0.105. The lowest BCUT2D eigenvalue weighted by Crippen LogP contribution is -2.38. The van der Waals surface area contributed by atoms with Gasteiger partial charge in [-0.3, -0.25) is 9.78 Å². The van der Waals surface area contributed by atoms with Crippen molar-refractivity contribution in [2.75, 3.05) is 13.1 Å². The van der Waals surface area contributed by atoms with E-state index in [1.165, 1.54) is 16.9 Å². The van der Waals surface area contributed by atoms with Crippen LogP contribution >= 0.6 is 11.3 Å². The first-order valence-corrected chi connectivity index (χ1v) is 10.1. The van der Waals surface area contributed by atoms with Gasteiger partial charge in [0.2, 0.25) is 0 Å². The van der Waals surface area contributed by atoms with Crippen molar-refractivity contribution in [3.63, 3.8) is 0 Å². The van der Waals surface area contributed by atoms with Crippen molar-refractivity contribution in [2.24, 2.45) is 0 Å². The van der Waals surface area contributed by atoms with Crippen LogP contribution in [0.2, 0.25) is 0 Å². The van der Waals surface area contributed by atoms with Crippen LogP contribution in [0.15, 0.2) is 42.2 Å². The summed E-state index contributed by atoms with van der Waals surface area (Å²) in [5.74, 6) is 0.446. The zero-order valence-electron chi connectivity index (χ0n) is 15.6. The summed E-state index contributed by atoms with van der Waals surface area (Å²) in [6.45, 7) is 5.48. The summed E-state index contributed by atoms with van der Waals surface area (Å²) in [6.07, 6.45) is 5.53. The molecule has 0 atom stereocenters. The van der Waals surface area contributed by atoms with E-state index in [4.69, 9.17) is 4.98 Å². The van der Waals surface area contributed by atoms with Crippen molar-refractivity contribution in [3.8, 4) is 11.3 Å². The summed E-state index contributed by atoms with van der Waals surface area (Å²) in [7, 11) is 0. The maximum absolute atomic E-state index is 12.7. The molecule has 0 radical (unpaired) electrons. The fourth-order valence-corrected chi connectivity index (χ4v) is 4.37. The number of aromatic nitrogens is 3. The molecule has 0 aliphatic carbocycles. The molecule has 1 aliphatic rings. The van der Waals surface area contributed by atoms with Crippen LogP contribution in [0.4, 0.5) is 0 Å². The predicted molar refractivity (Wildman–Crippen MR) is 107 cm³/mol. The maximum Gasteiger partial charge on any atom is 0.265 e. The van der Waals surface area contributed by atoms with Crippen LogP contribution in [0, 0.1) is 13.8 Å². The van der Waals surface area contributed by atoms with Crippen molar-refractivity contribution in [1.82, 2.24) is 19.9 Å². The number of nitrogens with zero attached hydrogens (tertiary/aromatic N) is 4. The lowest BCUT2D eigenvalue weighted by Gasteiger charge is -2.31. The fourth-order valence-electron chi connectivity index (χ4n) is 3.60. The maximum atomic E-state index is 12.7. The molecule has 3 aromatic rings. The minimum Gasteiger partial charge on any atom is -0.338 e. The number of rotatable bonds is 3. The highest BCUT2D eigenvalue weighted by Crippen LogP contribution is 2.30. The van der Waals surface area contributed by atoms with Gasteiger partial charge in [-0.25, -0.2) is 9.97 Å². The molecule has 1 fully saturated rings. The average Bonchev–Trinajstić information content (AvgIpc) is 3.14. The Morgan fingerprint density at radius 3 is 2.63 bits per heavy atom. The van der Waals surface area contributed by atoms with E-state index in [2.05, 4.69) is 29.0 Å². The molecule has 0 N–H and O–H groups in total. The van der Waals surface area contributed by atoms with E-state index < -0.39 is 0 Å². The summed E-state index contributed by atoms with van der Waals surface area (Å²) >= 11 is 1.42. The van der Waals surface area contributed by atoms with E-state index in [1.807, 2.05) is 36.4 Å². The standard InChI is InChI=1S/C21H22N4OS/c1-14-5-3-4-6-17(14)19-12-22-11-18(24-19)16-7-9-25(10-8-16)21(26)20-15(2)23-13-27-20/h3-6,11-13,16H,7-10H2,1-2H3. The summed E-state index contributed by atoms with van der Waals surface area (Å²) in [6, 6.07) is 8.24. The lowest BCUT2D eigenvalue weighted by molar-refractivity contribution is 0.0716. The number of likely N-dealkylation sites (tertiary alicyclic amines) is 1.